The number of carbonyl (C=O) groups excluding carboxylic acids is 1. The Kier molecular flexibility index (Phi) is 5.08. The van der Waals surface area contributed by atoms with Gasteiger partial charge >= 0.3 is 0 Å². The molecule has 0 bridgehead atoms. The average molecular weight is 362 g/mol. The third-order valence-corrected chi connectivity index (χ3v) is 4.49. The van der Waals surface area contributed by atoms with Crippen LogP contribution < -0.4 is 5.32 Å². The number of nitrogens with one attached hydrogen (secondary N) is 1. The molecule has 0 unspecified atom stereocenters. The van der Waals surface area contributed by atoms with E-state index in [1.54, 1.807) is 0 Å². The number of carbonyl (C=O) groups is 1. The Bertz CT molecular complexity index is 1000. The van der Waals surface area contributed by atoms with E-state index in [2.05, 4.69) is 56.9 Å². The lowest BCUT2D eigenvalue weighted by atomic mass is 9.86. The Hall–Kier alpha value is -3.01. The highest BCUT2D eigenvalue weighted by molar-refractivity contribution is 5.95. The molecular weight excluding hydrogens is 339 g/mol. The van der Waals surface area contributed by atoms with E-state index in [0.29, 0.717) is 5.69 Å². The summed E-state index contributed by atoms with van der Waals surface area (Å²) in [6.45, 7) is 9.68. The van der Waals surface area contributed by atoms with Gasteiger partial charge < -0.3 is 5.32 Å². The van der Waals surface area contributed by atoms with Gasteiger partial charge in [0.2, 0.25) is 0 Å². The molecule has 0 aliphatic heterocycles. The van der Waals surface area contributed by atoms with Gasteiger partial charge in [0.25, 0.3) is 5.91 Å². The Morgan fingerprint density at radius 2 is 1.78 bits per heavy atom. The molecule has 4 heteroatoms. The number of nitrogens with zero attached hydrogens (tertiary/aromatic N) is 1. The van der Waals surface area contributed by atoms with Crippen LogP contribution >= 0.6 is 0 Å². The molecule has 3 nitrogen and oxygen atoms in total. The van der Waals surface area contributed by atoms with Gasteiger partial charge in [-0.05, 0) is 22.4 Å². The van der Waals surface area contributed by atoms with Crippen LogP contribution in [0.3, 0.4) is 0 Å². The summed E-state index contributed by atoms with van der Waals surface area (Å²) in [6.07, 6.45) is 0. The summed E-state index contributed by atoms with van der Waals surface area (Å²) in [5, 5.41) is 4.55. The average Bonchev–Trinajstić information content (AvgIpc) is 2.64. The molecule has 1 heterocycles. The molecule has 0 aliphatic rings. The van der Waals surface area contributed by atoms with Crippen molar-refractivity contribution in [3.8, 4) is 11.3 Å². The summed E-state index contributed by atoms with van der Waals surface area (Å²) in [5.41, 5.74) is 3.84. The normalized spacial score (nSPS) is 11.4. The van der Waals surface area contributed by atoms with Crippen LogP contribution in [-0.4, -0.2) is 10.9 Å². The summed E-state index contributed by atoms with van der Waals surface area (Å²) in [7, 11) is 0. The number of benzene rings is 2. The van der Waals surface area contributed by atoms with Gasteiger partial charge in [0.1, 0.15) is 0 Å². The van der Waals surface area contributed by atoms with Gasteiger partial charge in [0.05, 0.1) is 17.9 Å². The van der Waals surface area contributed by atoms with Crippen molar-refractivity contribution in [2.45, 2.75) is 32.7 Å². The van der Waals surface area contributed by atoms with Crippen LogP contribution in [0.25, 0.3) is 22.0 Å². The first-order valence-electron chi connectivity index (χ1n) is 8.88. The van der Waals surface area contributed by atoms with Crippen LogP contribution in [0, 0.1) is 0 Å². The van der Waals surface area contributed by atoms with Crippen molar-refractivity contribution >= 4 is 16.7 Å². The molecule has 2 aromatic carbocycles. The van der Waals surface area contributed by atoms with Gasteiger partial charge in [-0.2, -0.15) is 0 Å². The monoisotopic (exact) mass is 362 g/mol. The maximum atomic E-state index is 12.9. The van der Waals surface area contributed by atoms with Crippen molar-refractivity contribution in [2.24, 2.45) is 0 Å². The topological polar surface area (TPSA) is 42.0 Å². The fourth-order valence-electron chi connectivity index (χ4n) is 2.96. The van der Waals surface area contributed by atoms with Crippen LogP contribution in [0.15, 0.2) is 67.0 Å². The SMILES string of the molecule is C=C(F)C(=O)NCc1cc2ccccc2c(-c2ccc(C(C)(C)C)cc2)n1. The Labute approximate surface area is 158 Å². The largest absolute Gasteiger partial charge is 0.344 e. The number of amides is 1. The zero-order valence-corrected chi connectivity index (χ0v) is 15.8. The molecule has 1 N–H and O–H groups in total. The molecule has 0 fully saturated rings. The van der Waals surface area contributed by atoms with E-state index in [1.807, 2.05) is 30.3 Å². The molecule has 0 saturated heterocycles. The van der Waals surface area contributed by atoms with E-state index in [-0.39, 0.29) is 12.0 Å². The highest BCUT2D eigenvalue weighted by Crippen LogP contribution is 2.30. The maximum Gasteiger partial charge on any atom is 0.279 e. The lowest BCUT2D eigenvalue weighted by Crippen LogP contribution is -2.23. The molecule has 0 aliphatic carbocycles. The molecule has 1 aromatic heterocycles. The molecular formula is C23H23FN2O. The second kappa shape index (κ2) is 7.31. The number of rotatable bonds is 4. The lowest BCUT2D eigenvalue weighted by molar-refractivity contribution is -0.119. The first-order valence-corrected chi connectivity index (χ1v) is 8.88. The van der Waals surface area contributed by atoms with Crippen molar-refractivity contribution in [1.82, 2.24) is 10.3 Å². The number of pyridine rings is 1. The van der Waals surface area contributed by atoms with Crippen molar-refractivity contribution in [2.75, 3.05) is 0 Å². The zero-order valence-electron chi connectivity index (χ0n) is 15.8. The predicted molar refractivity (Wildman–Crippen MR) is 108 cm³/mol. The van der Waals surface area contributed by atoms with Gasteiger partial charge in [0.15, 0.2) is 5.83 Å². The molecule has 3 aromatic rings. The third-order valence-electron chi connectivity index (χ3n) is 4.49. The predicted octanol–water partition coefficient (Wildman–Crippen LogP) is 5.30. The number of aromatic nitrogens is 1. The number of halogens is 1. The Balaban J connectivity index is 2.03. The Morgan fingerprint density at radius 1 is 1.11 bits per heavy atom. The summed E-state index contributed by atoms with van der Waals surface area (Å²) >= 11 is 0. The Morgan fingerprint density at radius 3 is 2.41 bits per heavy atom. The standard InChI is InChI=1S/C23H23FN2O/c1-15(24)22(27)25-14-19-13-17-7-5-6-8-20(17)21(26-19)16-9-11-18(12-10-16)23(2,3)4/h5-13H,1,14H2,2-4H3,(H,25,27). The molecule has 0 atom stereocenters. The van der Waals surface area contributed by atoms with Crippen molar-refractivity contribution in [1.29, 1.82) is 0 Å². The van der Waals surface area contributed by atoms with Crippen LogP contribution in [0.4, 0.5) is 4.39 Å². The van der Waals surface area contributed by atoms with E-state index < -0.39 is 11.7 Å². The molecule has 1 amide bonds. The van der Waals surface area contributed by atoms with Crippen LogP contribution in [0.1, 0.15) is 32.0 Å². The highest BCUT2D eigenvalue weighted by atomic mass is 19.1. The van der Waals surface area contributed by atoms with E-state index in [0.717, 1.165) is 22.0 Å². The minimum absolute atomic E-state index is 0.0783. The molecule has 27 heavy (non-hydrogen) atoms. The van der Waals surface area contributed by atoms with Crippen molar-refractivity contribution in [3.63, 3.8) is 0 Å². The molecule has 3 rings (SSSR count). The summed E-state index contributed by atoms with van der Waals surface area (Å²) in [5.74, 6) is -1.82. The molecule has 0 spiro atoms. The van der Waals surface area contributed by atoms with Gasteiger partial charge in [-0.1, -0.05) is 75.9 Å². The van der Waals surface area contributed by atoms with Crippen LogP contribution in [0.5, 0.6) is 0 Å². The first kappa shape index (κ1) is 18.8. The van der Waals surface area contributed by atoms with E-state index >= 15 is 0 Å². The van der Waals surface area contributed by atoms with Crippen molar-refractivity contribution < 1.29 is 9.18 Å². The smallest absolute Gasteiger partial charge is 0.279 e. The fraction of sp³-hybridized carbons (Fsp3) is 0.217. The van der Waals surface area contributed by atoms with Gasteiger partial charge in [-0.15, -0.1) is 0 Å². The summed E-state index contributed by atoms with van der Waals surface area (Å²) in [6, 6.07) is 18.3. The fourth-order valence-corrected chi connectivity index (χ4v) is 2.96. The minimum Gasteiger partial charge on any atom is -0.344 e. The van der Waals surface area contributed by atoms with Gasteiger partial charge in [-0.25, -0.2) is 4.39 Å². The lowest BCUT2D eigenvalue weighted by Gasteiger charge is -2.19. The number of hydrogen-bond donors (Lipinski definition) is 1. The quantitative estimate of drug-likeness (QED) is 0.640. The first-order chi connectivity index (χ1) is 12.8. The van der Waals surface area contributed by atoms with Gasteiger partial charge in [0, 0.05) is 10.9 Å². The van der Waals surface area contributed by atoms with E-state index in [9.17, 15) is 9.18 Å². The minimum atomic E-state index is -1.01. The molecule has 138 valence electrons. The second-order valence-electron chi connectivity index (χ2n) is 7.60. The highest BCUT2D eigenvalue weighted by Gasteiger charge is 2.15. The van der Waals surface area contributed by atoms with Crippen LogP contribution in [0.2, 0.25) is 0 Å². The van der Waals surface area contributed by atoms with Gasteiger partial charge in [-0.3, -0.25) is 9.78 Å². The molecule has 0 saturated carbocycles. The third kappa shape index (κ3) is 4.22. The van der Waals surface area contributed by atoms with Crippen molar-refractivity contribution in [3.05, 3.63) is 78.3 Å². The summed E-state index contributed by atoms with van der Waals surface area (Å²) in [4.78, 5) is 16.2. The maximum absolute atomic E-state index is 12.9. The van der Waals surface area contributed by atoms with E-state index in [1.165, 1.54) is 5.56 Å². The van der Waals surface area contributed by atoms with Crippen LogP contribution in [-0.2, 0) is 16.8 Å². The van der Waals surface area contributed by atoms with E-state index in [4.69, 9.17) is 4.98 Å². The summed E-state index contributed by atoms with van der Waals surface area (Å²) < 4.78 is 12.9. The number of fused-ring (bicyclic) bond motifs is 1. The number of hydrogen-bond acceptors (Lipinski definition) is 2. The second-order valence-corrected chi connectivity index (χ2v) is 7.60. The zero-order chi connectivity index (χ0) is 19.6. The molecule has 0 radical (unpaired) electrons.